The molecule has 322 valence electrons. The Hall–Kier alpha value is -5.59. The SMILES string of the molecule is C=CCOC12Oc3ccc(OCCN4CC4)cc3C3C(CCCCO)C(CCCCO)C=C(C(=NOCc4ccc([N+](=O)[O-])cc4)CC1N(C)C(=O)c1ccc(C#N)cc1)C32. The second kappa shape index (κ2) is 19.9. The van der Waals surface area contributed by atoms with Crippen LogP contribution in [0.5, 0.6) is 11.5 Å². The standard InChI is InChI=1S/C47H55N5O9/c1-3-25-59-47-43(50(2)46(55)34-14-10-32(30-48)11-15-34)29-41(49-60-31-33-12-16-36(17-13-33)52(56)57)39-27-35(8-4-6-23-53)38(9-5-7-24-54)44(45(39)47)40-28-37(18-19-42(40)61-47)58-26-22-51-20-21-51/h3,10-19,27-28,35,38,43-45,53-54H,1,4-9,20-26,29,31H2,2H3. The van der Waals surface area contributed by atoms with Gasteiger partial charge in [-0.2, -0.15) is 5.26 Å². The summed E-state index contributed by atoms with van der Waals surface area (Å²) < 4.78 is 20.6. The van der Waals surface area contributed by atoms with Gasteiger partial charge in [0.05, 0.1) is 34.8 Å². The van der Waals surface area contributed by atoms with Gasteiger partial charge in [0, 0.05) is 75.5 Å². The molecule has 2 aliphatic carbocycles. The Kier molecular flexibility index (Phi) is 14.2. The lowest BCUT2D eigenvalue weighted by atomic mass is 9.55. The topological polar surface area (TPSA) is 180 Å². The number of oxime groups is 1. The van der Waals surface area contributed by atoms with E-state index in [0.29, 0.717) is 47.6 Å². The average molecular weight is 834 g/mol. The Labute approximate surface area is 356 Å². The van der Waals surface area contributed by atoms with Gasteiger partial charge in [-0.25, -0.2) is 0 Å². The van der Waals surface area contributed by atoms with E-state index in [9.17, 15) is 30.4 Å². The monoisotopic (exact) mass is 833 g/mol. The minimum Gasteiger partial charge on any atom is -0.492 e. The normalized spacial score (nSPS) is 24.3. The number of amides is 1. The number of benzene rings is 3. The van der Waals surface area contributed by atoms with Crippen LogP contribution >= 0.6 is 0 Å². The average Bonchev–Trinajstić information content (AvgIpc) is 4.11. The van der Waals surface area contributed by atoms with Gasteiger partial charge < -0.3 is 34.2 Å². The molecule has 6 unspecified atom stereocenters. The number of nitrogens with zero attached hydrogens (tertiary/aromatic N) is 5. The van der Waals surface area contributed by atoms with Crippen LogP contribution < -0.4 is 9.47 Å². The summed E-state index contributed by atoms with van der Waals surface area (Å²) in [7, 11) is 1.73. The molecule has 6 atom stereocenters. The molecular formula is C47H55N5O9. The molecule has 1 saturated heterocycles. The van der Waals surface area contributed by atoms with Crippen LogP contribution in [0, 0.1) is 39.2 Å². The van der Waals surface area contributed by atoms with E-state index in [-0.39, 0.29) is 62.2 Å². The molecule has 0 bridgehead atoms. The molecule has 3 aromatic carbocycles. The molecule has 4 aliphatic rings. The maximum absolute atomic E-state index is 14.6. The van der Waals surface area contributed by atoms with Crippen LogP contribution in [0.15, 0.2) is 96.2 Å². The van der Waals surface area contributed by atoms with Gasteiger partial charge in [-0.05, 0) is 103 Å². The van der Waals surface area contributed by atoms with Crippen molar-refractivity contribution in [2.24, 2.45) is 22.9 Å². The molecule has 3 aromatic rings. The van der Waals surface area contributed by atoms with Crippen molar-refractivity contribution in [2.45, 2.75) is 69.3 Å². The molecule has 2 fully saturated rings. The second-order valence-corrected chi connectivity index (χ2v) is 16.3. The Morgan fingerprint density at radius 1 is 1.08 bits per heavy atom. The summed E-state index contributed by atoms with van der Waals surface area (Å²) in [6.07, 6.45) is 8.62. The minimum absolute atomic E-state index is 0.0259. The van der Waals surface area contributed by atoms with Crippen LogP contribution in [0.2, 0.25) is 0 Å². The molecule has 14 heteroatoms. The van der Waals surface area contributed by atoms with Crippen molar-refractivity contribution in [1.29, 1.82) is 5.26 Å². The van der Waals surface area contributed by atoms with Crippen LogP contribution in [-0.4, -0.2) is 101 Å². The van der Waals surface area contributed by atoms with Crippen molar-refractivity contribution in [3.8, 4) is 17.6 Å². The predicted molar refractivity (Wildman–Crippen MR) is 228 cm³/mol. The third kappa shape index (κ3) is 9.66. The number of unbranched alkanes of at least 4 members (excludes halogenated alkanes) is 2. The summed E-state index contributed by atoms with van der Waals surface area (Å²) in [5, 5.41) is 45.4. The maximum Gasteiger partial charge on any atom is 0.269 e. The number of hydrogen-bond donors (Lipinski definition) is 2. The van der Waals surface area contributed by atoms with Crippen LogP contribution in [0.4, 0.5) is 5.69 Å². The number of nitro benzene ring substituents is 1. The summed E-state index contributed by atoms with van der Waals surface area (Å²) in [6, 6.07) is 20.0. The first-order valence-corrected chi connectivity index (χ1v) is 21.3. The Bertz CT molecular complexity index is 2130. The van der Waals surface area contributed by atoms with E-state index in [4.69, 9.17) is 24.2 Å². The first-order valence-electron chi connectivity index (χ1n) is 21.3. The number of fused-ring (bicyclic) bond motifs is 2. The zero-order chi connectivity index (χ0) is 42.9. The Morgan fingerprint density at radius 2 is 1.82 bits per heavy atom. The molecule has 0 radical (unpaired) electrons. The molecule has 0 spiro atoms. The number of nitro groups is 1. The number of likely N-dealkylation sites (N-methyl/N-ethyl adjacent to an activating group) is 1. The van der Waals surface area contributed by atoms with Crippen molar-refractivity contribution in [2.75, 3.05) is 53.1 Å². The van der Waals surface area contributed by atoms with E-state index in [2.05, 4.69) is 29.7 Å². The lowest BCUT2D eigenvalue weighted by Gasteiger charge is -2.59. The van der Waals surface area contributed by atoms with Crippen molar-refractivity contribution in [3.05, 3.63) is 123 Å². The van der Waals surface area contributed by atoms with Crippen LogP contribution in [0.1, 0.15) is 77.9 Å². The van der Waals surface area contributed by atoms with Gasteiger partial charge in [0.15, 0.2) is 0 Å². The Balaban J connectivity index is 1.38. The molecule has 0 aromatic heterocycles. The predicted octanol–water partition coefficient (Wildman–Crippen LogP) is 6.77. The quantitative estimate of drug-likeness (QED) is 0.0381. The van der Waals surface area contributed by atoms with Gasteiger partial charge in [0.1, 0.15) is 30.8 Å². The van der Waals surface area contributed by atoms with Gasteiger partial charge in [0.25, 0.3) is 11.6 Å². The van der Waals surface area contributed by atoms with Gasteiger partial charge in [-0.3, -0.25) is 19.8 Å². The number of carbonyl (C=O) groups is 1. The third-order valence-corrected chi connectivity index (χ3v) is 12.5. The van der Waals surface area contributed by atoms with E-state index < -0.39 is 22.7 Å². The first-order chi connectivity index (χ1) is 29.7. The summed E-state index contributed by atoms with van der Waals surface area (Å²) >= 11 is 0. The number of non-ortho nitro benzene ring substituents is 1. The van der Waals surface area contributed by atoms with Gasteiger partial charge in [0.2, 0.25) is 5.79 Å². The summed E-state index contributed by atoms with van der Waals surface area (Å²) in [5.41, 5.74) is 3.97. The molecule has 1 amide bonds. The second-order valence-electron chi connectivity index (χ2n) is 16.3. The number of ether oxygens (including phenoxy) is 3. The Morgan fingerprint density at radius 3 is 2.49 bits per heavy atom. The van der Waals surface area contributed by atoms with Gasteiger partial charge >= 0.3 is 0 Å². The van der Waals surface area contributed by atoms with Gasteiger partial charge in [-0.1, -0.05) is 30.1 Å². The van der Waals surface area contributed by atoms with E-state index in [1.807, 2.05) is 12.1 Å². The minimum atomic E-state index is -1.43. The summed E-state index contributed by atoms with van der Waals surface area (Å²) in [6.45, 7) is 7.85. The molecule has 14 nitrogen and oxygen atoms in total. The van der Waals surface area contributed by atoms with Crippen molar-refractivity contribution < 1.29 is 39.0 Å². The van der Waals surface area contributed by atoms with Crippen LogP contribution in [0.3, 0.4) is 0 Å². The zero-order valence-electron chi connectivity index (χ0n) is 34.7. The van der Waals surface area contributed by atoms with E-state index >= 15 is 0 Å². The van der Waals surface area contributed by atoms with Crippen molar-refractivity contribution in [3.63, 3.8) is 0 Å². The van der Waals surface area contributed by atoms with E-state index in [0.717, 1.165) is 62.2 Å². The number of aliphatic hydroxyl groups is 2. The number of rotatable bonds is 21. The lowest BCUT2D eigenvalue weighted by Crippen LogP contribution is -2.69. The maximum atomic E-state index is 14.6. The highest BCUT2D eigenvalue weighted by Crippen LogP contribution is 2.62. The molecule has 2 aliphatic heterocycles. The third-order valence-electron chi connectivity index (χ3n) is 12.5. The largest absolute Gasteiger partial charge is 0.492 e. The van der Waals surface area contributed by atoms with Crippen LogP contribution in [-0.2, 0) is 16.2 Å². The highest BCUT2D eigenvalue weighted by Gasteiger charge is 2.65. The molecule has 2 heterocycles. The van der Waals surface area contributed by atoms with Gasteiger partial charge in [-0.15, -0.1) is 6.58 Å². The smallest absolute Gasteiger partial charge is 0.269 e. The van der Waals surface area contributed by atoms with Crippen molar-refractivity contribution >= 4 is 17.3 Å². The summed E-state index contributed by atoms with van der Waals surface area (Å²) in [4.78, 5) is 35.5. The molecule has 61 heavy (non-hydrogen) atoms. The fourth-order valence-electron chi connectivity index (χ4n) is 9.34. The molecule has 2 N–H and O–H groups in total. The van der Waals surface area contributed by atoms with Crippen LogP contribution in [0.25, 0.3) is 0 Å². The molecule has 1 saturated carbocycles. The highest BCUT2D eigenvalue weighted by molar-refractivity contribution is 6.03. The number of aliphatic hydroxyl groups excluding tert-OH is 2. The first kappa shape index (κ1) is 43.5. The summed E-state index contributed by atoms with van der Waals surface area (Å²) in [5.74, 6) is -1.00. The molecular weight excluding hydrogens is 779 g/mol. The number of nitriles is 1. The highest BCUT2D eigenvalue weighted by atomic mass is 16.7. The number of hydrogen-bond acceptors (Lipinski definition) is 12. The van der Waals surface area contributed by atoms with Crippen molar-refractivity contribution in [1.82, 2.24) is 9.80 Å². The van der Waals surface area contributed by atoms with E-state index in [1.165, 1.54) is 12.1 Å². The number of allylic oxidation sites excluding steroid dienone is 1. The molecule has 7 rings (SSSR count). The fourth-order valence-corrected chi connectivity index (χ4v) is 9.34. The van der Waals surface area contributed by atoms with E-state index in [1.54, 1.807) is 54.4 Å². The zero-order valence-corrected chi connectivity index (χ0v) is 34.7. The fraction of sp³-hybridized carbons (Fsp3) is 0.468. The number of carbonyl (C=O) groups excluding carboxylic acids is 1. The lowest BCUT2D eigenvalue weighted by molar-refractivity contribution is -0.384.